The summed E-state index contributed by atoms with van der Waals surface area (Å²) in [6.07, 6.45) is 4.47. The molecule has 0 atom stereocenters. The third-order valence-corrected chi connectivity index (χ3v) is 3.95. The number of nitrogens with one attached hydrogen (secondary N) is 1. The Hall–Kier alpha value is -3.03. The van der Waals surface area contributed by atoms with Crippen molar-refractivity contribution in [3.63, 3.8) is 0 Å². The van der Waals surface area contributed by atoms with Gasteiger partial charge >= 0.3 is 0 Å². The summed E-state index contributed by atoms with van der Waals surface area (Å²) in [7, 11) is 0. The van der Waals surface area contributed by atoms with Crippen molar-refractivity contribution in [2.75, 3.05) is 6.54 Å². The van der Waals surface area contributed by atoms with Crippen LogP contribution in [0.2, 0.25) is 0 Å². The molecule has 0 bridgehead atoms. The minimum Gasteiger partial charge on any atom is -0.312 e. The van der Waals surface area contributed by atoms with E-state index in [9.17, 15) is 4.39 Å². The number of pyridine rings is 1. The van der Waals surface area contributed by atoms with Crippen LogP contribution >= 0.6 is 0 Å². The van der Waals surface area contributed by atoms with Gasteiger partial charge in [-0.05, 0) is 60.0 Å². The van der Waals surface area contributed by atoms with Crippen molar-refractivity contribution in [1.29, 1.82) is 5.26 Å². The van der Waals surface area contributed by atoms with Gasteiger partial charge in [0.25, 0.3) is 0 Å². The van der Waals surface area contributed by atoms with Crippen LogP contribution in [0, 0.1) is 17.1 Å². The highest BCUT2D eigenvalue weighted by atomic mass is 19.1. The zero-order valence-corrected chi connectivity index (χ0v) is 13.7. The fourth-order valence-corrected chi connectivity index (χ4v) is 2.65. The summed E-state index contributed by atoms with van der Waals surface area (Å²) < 4.78 is 13.0. The van der Waals surface area contributed by atoms with E-state index in [-0.39, 0.29) is 5.82 Å². The molecular weight excluding hydrogens is 313 g/mol. The van der Waals surface area contributed by atoms with Gasteiger partial charge in [-0.15, -0.1) is 0 Å². The monoisotopic (exact) mass is 331 g/mol. The van der Waals surface area contributed by atoms with E-state index in [2.05, 4.69) is 22.4 Å². The van der Waals surface area contributed by atoms with Crippen LogP contribution in [0.1, 0.15) is 16.7 Å². The average Bonchev–Trinajstić information content (AvgIpc) is 2.66. The Balaban J connectivity index is 1.56. The molecule has 25 heavy (non-hydrogen) atoms. The van der Waals surface area contributed by atoms with Crippen molar-refractivity contribution in [2.24, 2.45) is 0 Å². The van der Waals surface area contributed by atoms with Gasteiger partial charge in [0.2, 0.25) is 0 Å². The molecule has 1 heterocycles. The van der Waals surface area contributed by atoms with Crippen LogP contribution in [0.3, 0.4) is 0 Å². The van der Waals surface area contributed by atoms with Crippen LogP contribution < -0.4 is 5.32 Å². The third kappa shape index (κ3) is 4.72. The van der Waals surface area contributed by atoms with E-state index in [1.165, 1.54) is 12.1 Å². The average molecular weight is 331 g/mol. The molecule has 0 unspecified atom stereocenters. The van der Waals surface area contributed by atoms with Crippen LogP contribution in [0.5, 0.6) is 0 Å². The summed E-state index contributed by atoms with van der Waals surface area (Å²) in [5, 5.41) is 12.3. The zero-order chi connectivity index (χ0) is 17.5. The van der Waals surface area contributed by atoms with Crippen LogP contribution in [0.4, 0.5) is 4.39 Å². The van der Waals surface area contributed by atoms with Crippen molar-refractivity contribution < 1.29 is 4.39 Å². The highest BCUT2D eigenvalue weighted by Gasteiger charge is 2.01. The Kier molecular flexibility index (Phi) is 5.50. The van der Waals surface area contributed by atoms with Gasteiger partial charge in [0.15, 0.2) is 0 Å². The number of nitrogens with zero attached hydrogens (tertiary/aromatic N) is 2. The van der Waals surface area contributed by atoms with Gasteiger partial charge in [-0.25, -0.2) is 4.39 Å². The molecule has 3 rings (SSSR count). The maximum absolute atomic E-state index is 13.0. The van der Waals surface area contributed by atoms with Crippen molar-refractivity contribution >= 4 is 0 Å². The Labute approximate surface area is 146 Å². The van der Waals surface area contributed by atoms with Gasteiger partial charge in [0, 0.05) is 24.5 Å². The summed E-state index contributed by atoms with van der Waals surface area (Å²) in [4.78, 5) is 4.27. The van der Waals surface area contributed by atoms with Crippen molar-refractivity contribution in [1.82, 2.24) is 10.3 Å². The van der Waals surface area contributed by atoms with Crippen molar-refractivity contribution in [3.8, 4) is 17.2 Å². The molecule has 4 heteroatoms. The second-order valence-corrected chi connectivity index (χ2v) is 5.83. The van der Waals surface area contributed by atoms with Crippen LogP contribution in [0.25, 0.3) is 11.1 Å². The molecule has 0 saturated heterocycles. The molecule has 0 aliphatic carbocycles. The second kappa shape index (κ2) is 8.18. The number of nitriles is 1. The Bertz CT molecular complexity index is 882. The van der Waals surface area contributed by atoms with Gasteiger partial charge in [-0.3, -0.25) is 4.98 Å². The first-order valence-electron chi connectivity index (χ1n) is 8.14. The lowest BCUT2D eigenvalue weighted by atomic mass is 10.1. The molecule has 124 valence electrons. The standard InChI is InChI=1S/C21H18FN3/c22-21-6-4-19(5-7-21)20-11-18(14-25-15-20)13-24-9-8-16-2-1-3-17(10-16)12-23/h1-7,10-11,14-15,24H,8-9,13H2. The number of rotatable bonds is 6. The fraction of sp³-hybridized carbons (Fsp3) is 0.143. The van der Waals surface area contributed by atoms with E-state index in [0.717, 1.165) is 35.2 Å². The lowest BCUT2D eigenvalue weighted by Crippen LogP contribution is -2.16. The normalized spacial score (nSPS) is 10.4. The van der Waals surface area contributed by atoms with E-state index in [1.807, 2.05) is 30.5 Å². The maximum atomic E-state index is 13.0. The lowest BCUT2D eigenvalue weighted by molar-refractivity contribution is 0.628. The molecule has 0 radical (unpaired) electrons. The smallest absolute Gasteiger partial charge is 0.123 e. The number of aromatic nitrogens is 1. The first-order valence-corrected chi connectivity index (χ1v) is 8.14. The molecule has 0 saturated carbocycles. The molecule has 0 fully saturated rings. The molecular formula is C21H18FN3. The minimum absolute atomic E-state index is 0.241. The van der Waals surface area contributed by atoms with E-state index >= 15 is 0 Å². The van der Waals surface area contributed by atoms with Gasteiger partial charge in [-0.1, -0.05) is 24.3 Å². The molecule has 0 spiro atoms. The number of hydrogen-bond acceptors (Lipinski definition) is 3. The van der Waals surface area contributed by atoms with Crippen molar-refractivity contribution in [2.45, 2.75) is 13.0 Å². The number of hydrogen-bond donors (Lipinski definition) is 1. The number of halogens is 1. The molecule has 0 aliphatic rings. The van der Waals surface area contributed by atoms with Gasteiger partial charge < -0.3 is 5.32 Å². The SMILES string of the molecule is N#Cc1cccc(CCNCc2cncc(-c3ccc(F)cc3)c2)c1. The second-order valence-electron chi connectivity index (χ2n) is 5.83. The largest absolute Gasteiger partial charge is 0.312 e. The fourth-order valence-electron chi connectivity index (χ4n) is 2.65. The van der Waals surface area contributed by atoms with E-state index in [1.54, 1.807) is 18.3 Å². The Morgan fingerprint density at radius 1 is 0.960 bits per heavy atom. The first-order chi connectivity index (χ1) is 12.2. The molecule has 2 aromatic carbocycles. The molecule has 3 aromatic rings. The lowest BCUT2D eigenvalue weighted by Gasteiger charge is -2.07. The predicted octanol–water partition coefficient (Wildman–Crippen LogP) is 4.09. The highest BCUT2D eigenvalue weighted by Crippen LogP contribution is 2.19. The predicted molar refractivity (Wildman–Crippen MR) is 96.2 cm³/mol. The van der Waals surface area contributed by atoms with Crippen LogP contribution in [-0.2, 0) is 13.0 Å². The van der Waals surface area contributed by atoms with E-state index < -0.39 is 0 Å². The topological polar surface area (TPSA) is 48.7 Å². The Morgan fingerprint density at radius 2 is 1.80 bits per heavy atom. The van der Waals surface area contributed by atoms with Crippen LogP contribution in [-0.4, -0.2) is 11.5 Å². The summed E-state index contributed by atoms with van der Waals surface area (Å²) >= 11 is 0. The molecule has 1 N–H and O–H groups in total. The summed E-state index contributed by atoms with van der Waals surface area (Å²) in [6.45, 7) is 1.52. The van der Waals surface area contributed by atoms with Gasteiger partial charge in [-0.2, -0.15) is 5.26 Å². The number of benzene rings is 2. The Morgan fingerprint density at radius 3 is 2.60 bits per heavy atom. The minimum atomic E-state index is -0.241. The first kappa shape index (κ1) is 16.8. The summed E-state index contributed by atoms with van der Waals surface area (Å²) in [6, 6.07) is 18.3. The van der Waals surface area contributed by atoms with Crippen molar-refractivity contribution in [3.05, 3.63) is 89.5 Å². The maximum Gasteiger partial charge on any atom is 0.123 e. The molecule has 3 nitrogen and oxygen atoms in total. The summed E-state index contributed by atoms with van der Waals surface area (Å²) in [5.41, 5.74) is 4.83. The van der Waals surface area contributed by atoms with Crippen LogP contribution in [0.15, 0.2) is 67.0 Å². The van der Waals surface area contributed by atoms with Gasteiger partial charge in [0.05, 0.1) is 11.6 Å². The molecule has 0 amide bonds. The third-order valence-electron chi connectivity index (χ3n) is 3.95. The molecule has 1 aromatic heterocycles. The summed E-state index contributed by atoms with van der Waals surface area (Å²) in [5.74, 6) is -0.241. The van der Waals surface area contributed by atoms with E-state index in [4.69, 9.17) is 5.26 Å². The van der Waals surface area contributed by atoms with E-state index in [0.29, 0.717) is 12.1 Å². The molecule has 0 aliphatic heterocycles. The highest BCUT2D eigenvalue weighted by molar-refractivity contribution is 5.62. The zero-order valence-electron chi connectivity index (χ0n) is 13.7. The quantitative estimate of drug-likeness (QED) is 0.692. The van der Waals surface area contributed by atoms with Gasteiger partial charge in [0.1, 0.15) is 5.82 Å².